The van der Waals surface area contributed by atoms with Crippen LogP contribution in [0, 0.1) is 0 Å². The highest BCUT2D eigenvalue weighted by Gasteiger charge is 2.24. The number of esters is 2. The zero-order chi connectivity index (χ0) is 17.5. The lowest BCUT2D eigenvalue weighted by molar-refractivity contribution is -0.861. The van der Waals surface area contributed by atoms with Gasteiger partial charge in [-0.1, -0.05) is 13.2 Å². The Balaban J connectivity index is 4.94. The second-order valence-corrected chi connectivity index (χ2v) is 7.73. The number of nitrogens with zero attached hydrogens (tertiary/aromatic N) is 1. The van der Waals surface area contributed by atoms with Crippen molar-refractivity contribution in [3.8, 4) is 0 Å². The van der Waals surface area contributed by atoms with Crippen LogP contribution in [0.2, 0.25) is 0 Å². The third-order valence-electron chi connectivity index (χ3n) is 2.32. The first-order valence-corrected chi connectivity index (χ1v) is 8.20. The first-order chi connectivity index (χ1) is 9.94. The summed E-state index contributed by atoms with van der Waals surface area (Å²) in [7, 11) is 3.71. The van der Waals surface area contributed by atoms with Crippen molar-refractivity contribution < 1.29 is 28.4 Å². The fraction of sp³-hybridized carbons (Fsp3) is 0.533. The molecule has 1 atom stereocenters. The van der Waals surface area contributed by atoms with E-state index in [9.17, 15) is 14.5 Å². The van der Waals surface area contributed by atoms with Gasteiger partial charge in [-0.15, -0.1) is 0 Å². The Morgan fingerprint density at radius 3 is 2.00 bits per heavy atom. The molecule has 0 radical (unpaired) electrons. The summed E-state index contributed by atoms with van der Waals surface area (Å²) in [6.07, 6.45) is 0.0904. The number of ether oxygens (including phenoxy) is 2. The smallest absolute Gasteiger partial charge is 0.341 e. The third kappa shape index (κ3) is 8.72. The van der Waals surface area contributed by atoms with Gasteiger partial charge in [0, 0.05) is 11.1 Å². The molecule has 0 spiro atoms. The van der Waals surface area contributed by atoms with Gasteiger partial charge in [0.2, 0.25) is 0 Å². The standard InChI is InChI=1S/C15H25NO5P/c1-11(2)14(17)20-8-9-22(19)13(10-16(5,6)7)21-15(18)12(3)4/h1,3,8-10H2,2,4-7H3/q+1. The molecule has 6 nitrogen and oxygen atoms in total. The van der Waals surface area contributed by atoms with Gasteiger partial charge in [-0.3, -0.25) is 0 Å². The SMILES string of the molecule is C=C(C)C(=O)OCC[P+]([O-])=C(C[N+](C)(C)C)OC(=O)C(=C)C. The van der Waals surface area contributed by atoms with Crippen molar-refractivity contribution in [3.63, 3.8) is 0 Å². The lowest BCUT2D eigenvalue weighted by Gasteiger charge is -2.23. The highest BCUT2D eigenvalue weighted by Crippen LogP contribution is 2.17. The van der Waals surface area contributed by atoms with E-state index in [0.29, 0.717) is 11.0 Å². The minimum Gasteiger partial charge on any atom is -0.628 e. The highest BCUT2D eigenvalue weighted by atomic mass is 31.1. The Morgan fingerprint density at radius 2 is 1.59 bits per heavy atom. The van der Waals surface area contributed by atoms with Crippen LogP contribution in [0.25, 0.3) is 0 Å². The molecule has 1 unspecified atom stereocenters. The maximum absolute atomic E-state index is 12.3. The van der Waals surface area contributed by atoms with Crippen molar-refractivity contribution >= 4 is 25.2 Å². The first kappa shape index (κ1) is 20.5. The quantitative estimate of drug-likeness (QED) is 0.285. The molecule has 124 valence electrons. The van der Waals surface area contributed by atoms with Gasteiger partial charge >= 0.3 is 17.4 Å². The van der Waals surface area contributed by atoms with Crippen LogP contribution < -0.4 is 4.89 Å². The molecule has 0 aromatic carbocycles. The van der Waals surface area contributed by atoms with Crippen molar-refractivity contribution in [1.82, 2.24) is 0 Å². The molecule has 0 saturated heterocycles. The molecule has 0 N–H and O–H groups in total. The van der Waals surface area contributed by atoms with E-state index < -0.39 is 19.7 Å². The highest BCUT2D eigenvalue weighted by molar-refractivity contribution is 7.51. The summed E-state index contributed by atoms with van der Waals surface area (Å²) in [5.74, 6) is -1.14. The van der Waals surface area contributed by atoms with E-state index >= 15 is 0 Å². The Morgan fingerprint density at radius 1 is 1.09 bits per heavy atom. The number of hydrogen-bond acceptors (Lipinski definition) is 5. The van der Waals surface area contributed by atoms with Gasteiger partial charge in [0.1, 0.15) is 20.5 Å². The number of carbonyl (C=O) groups excluding carboxylic acids is 2. The maximum atomic E-state index is 12.3. The van der Waals surface area contributed by atoms with Crippen LogP contribution in [0.1, 0.15) is 13.8 Å². The normalized spacial score (nSPS) is 12.3. The lowest BCUT2D eigenvalue weighted by atomic mass is 10.4. The van der Waals surface area contributed by atoms with Crippen molar-refractivity contribution in [1.29, 1.82) is 0 Å². The van der Waals surface area contributed by atoms with E-state index in [1.807, 2.05) is 21.1 Å². The molecule has 0 amide bonds. The third-order valence-corrected chi connectivity index (χ3v) is 3.70. The van der Waals surface area contributed by atoms with Crippen LogP contribution in [0.4, 0.5) is 0 Å². The molecular weight excluding hydrogens is 305 g/mol. The molecule has 0 aliphatic carbocycles. The number of rotatable bonds is 8. The average molecular weight is 330 g/mol. The zero-order valence-electron chi connectivity index (χ0n) is 14.0. The molecule has 22 heavy (non-hydrogen) atoms. The summed E-state index contributed by atoms with van der Waals surface area (Å²) < 4.78 is 10.5. The maximum Gasteiger partial charge on any atom is 0.341 e. The lowest BCUT2D eigenvalue weighted by Crippen LogP contribution is -2.41. The van der Waals surface area contributed by atoms with E-state index in [1.165, 1.54) is 13.8 Å². The van der Waals surface area contributed by atoms with E-state index in [4.69, 9.17) is 9.47 Å². The Hall–Kier alpha value is -1.49. The molecular formula is C15H25NO5P+. The number of carbonyl (C=O) groups is 2. The molecule has 0 saturated carbocycles. The summed E-state index contributed by atoms with van der Waals surface area (Å²) in [4.78, 5) is 35.2. The van der Waals surface area contributed by atoms with E-state index in [1.54, 1.807) is 0 Å². The first-order valence-electron chi connectivity index (χ1n) is 6.75. The number of likely N-dealkylation sites (N-methyl/N-ethyl adjacent to an activating group) is 1. The van der Waals surface area contributed by atoms with E-state index in [2.05, 4.69) is 13.2 Å². The summed E-state index contributed by atoms with van der Waals surface area (Å²) in [5, 5.41) is 0. The Kier molecular flexibility index (Phi) is 8.23. The van der Waals surface area contributed by atoms with Gasteiger partial charge in [-0.2, -0.15) is 0 Å². The van der Waals surface area contributed by atoms with Crippen LogP contribution in [-0.4, -0.2) is 62.4 Å². The van der Waals surface area contributed by atoms with Crippen LogP contribution in [0.5, 0.6) is 0 Å². The second kappa shape index (κ2) is 8.83. The summed E-state index contributed by atoms with van der Waals surface area (Å²) in [6, 6.07) is 0. The fourth-order valence-corrected chi connectivity index (χ4v) is 2.50. The Labute approximate surface area is 133 Å². The molecule has 0 fully saturated rings. The van der Waals surface area contributed by atoms with E-state index in [-0.39, 0.29) is 29.4 Å². The van der Waals surface area contributed by atoms with Crippen LogP contribution in [0.15, 0.2) is 24.3 Å². The monoisotopic (exact) mass is 330 g/mol. The minimum absolute atomic E-state index is 0.0217. The van der Waals surface area contributed by atoms with Gasteiger partial charge in [-0.05, 0) is 13.8 Å². The molecule has 0 aromatic heterocycles. The van der Waals surface area contributed by atoms with Gasteiger partial charge in [0.05, 0.1) is 21.1 Å². The van der Waals surface area contributed by atoms with Crippen LogP contribution in [-0.2, 0) is 19.1 Å². The molecule has 0 heterocycles. The van der Waals surface area contributed by atoms with Gasteiger partial charge in [0.15, 0.2) is 6.54 Å². The van der Waals surface area contributed by atoms with Crippen LogP contribution in [0.3, 0.4) is 0 Å². The summed E-state index contributed by atoms with van der Waals surface area (Å²) in [6.45, 7) is 10.3. The molecule has 0 aliphatic heterocycles. The molecule has 0 rings (SSSR count). The minimum atomic E-state index is -1.96. The predicted molar refractivity (Wildman–Crippen MR) is 86.4 cm³/mol. The van der Waals surface area contributed by atoms with Crippen LogP contribution >= 0.6 is 7.77 Å². The summed E-state index contributed by atoms with van der Waals surface area (Å²) in [5.41, 5.74) is 0.692. The van der Waals surface area contributed by atoms with Gasteiger partial charge in [0.25, 0.3) is 0 Å². The van der Waals surface area contributed by atoms with Gasteiger partial charge < -0.3 is 18.9 Å². The van der Waals surface area contributed by atoms with Gasteiger partial charge in [-0.25, -0.2) is 9.59 Å². The topological polar surface area (TPSA) is 75.7 Å². The molecule has 0 aromatic rings. The second-order valence-electron chi connectivity index (χ2n) is 6.03. The van der Waals surface area contributed by atoms with Crippen molar-refractivity contribution in [2.75, 3.05) is 40.5 Å². The fourth-order valence-electron chi connectivity index (χ4n) is 1.23. The van der Waals surface area contributed by atoms with Crippen molar-refractivity contribution in [3.05, 3.63) is 24.3 Å². The number of quaternary nitrogens is 1. The zero-order valence-corrected chi connectivity index (χ0v) is 14.9. The molecule has 0 bridgehead atoms. The van der Waals surface area contributed by atoms with Crippen molar-refractivity contribution in [2.45, 2.75) is 13.8 Å². The predicted octanol–water partition coefficient (Wildman–Crippen LogP) is 0.818. The molecule has 0 aliphatic rings. The summed E-state index contributed by atoms with van der Waals surface area (Å²) >= 11 is 0. The van der Waals surface area contributed by atoms with Crippen molar-refractivity contribution in [2.24, 2.45) is 0 Å². The number of hydrogen-bond donors (Lipinski definition) is 0. The largest absolute Gasteiger partial charge is 0.628 e. The Bertz CT molecular complexity index is 503. The average Bonchev–Trinajstić information content (AvgIpc) is 2.35. The molecule has 7 heteroatoms. The van der Waals surface area contributed by atoms with E-state index in [0.717, 1.165) is 0 Å².